The van der Waals surface area contributed by atoms with Crippen LogP contribution >= 0.6 is 0 Å². The first-order valence-electron chi connectivity index (χ1n) is 5.87. The van der Waals surface area contributed by atoms with Gasteiger partial charge in [0, 0.05) is 5.92 Å². The van der Waals surface area contributed by atoms with E-state index in [-0.39, 0.29) is 5.92 Å². The van der Waals surface area contributed by atoms with Gasteiger partial charge in [-0.05, 0) is 37.8 Å². The summed E-state index contributed by atoms with van der Waals surface area (Å²) in [5.41, 5.74) is 1.05. The van der Waals surface area contributed by atoms with Crippen molar-refractivity contribution in [2.24, 2.45) is 5.92 Å². The number of aldehydes is 1. The highest BCUT2D eigenvalue weighted by molar-refractivity contribution is 5.61. The van der Waals surface area contributed by atoms with Gasteiger partial charge in [0.2, 0.25) is 0 Å². The second-order valence-electron chi connectivity index (χ2n) is 4.61. The van der Waals surface area contributed by atoms with Crippen LogP contribution in [0.2, 0.25) is 0 Å². The summed E-state index contributed by atoms with van der Waals surface area (Å²) in [4.78, 5) is 14.9. The minimum absolute atomic E-state index is 0.139. The summed E-state index contributed by atoms with van der Waals surface area (Å²) in [5, 5.41) is 12.3. The predicted octanol–water partition coefficient (Wildman–Crippen LogP) is 0.977. The van der Waals surface area contributed by atoms with Gasteiger partial charge in [-0.3, -0.25) is 0 Å². The van der Waals surface area contributed by atoms with E-state index in [4.69, 9.17) is 0 Å². The zero-order chi connectivity index (χ0) is 12.7. The van der Waals surface area contributed by atoms with Crippen LogP contribution in [0.1, 0.15) is 29.6 Å². The molecule has 1 aliphatic carbocycles. The maximum absolute atomic E-state index is 10.7. The van der Waals surface area contributed by atoms with Gasteiger partial charge >= 0.3 is 0 Å². The highest BCUT2D eigenvalue weighted by atomic mass is 16.1. The third-order valence-corrected chi connectivity index (χ3v) is 3.20. The van der Waals surface area contributed by atoms with Crippen molar-refractivity contribution in [2.75, 3.05) is 0 Å². The number of carbonyl (C=O) groups is 1. The van der Waals surface area contributed by atoms with Gasteiger partial charge in [-0.1, -0.05) is 0 Å². The molecule has 2 heterocycles. The van der Waals surface area contributed by atoms with Gasteiger partial charge < -0.3 is 4.79 Å². The molecule has 18 heavy (non-hydrogen) atoms. The van der Waals surface area contributed by atoms with E-state index >= 15 is 0 Å². The van der Waals surface area contributed by atoms with E-state index in [2.05, 4.69) is 20.3 Å². The molecule has 2 aromatic heterocycles. The van der Waals surface area contributed by atoms with Crippen LogP contribution in [0.4, 0.5) is 0 Å². The Morgan fingerprint density at radius 1 is 1.44 bits per heavy atom. The fourth-order valence-corrected chi connectivity index (χ4v) is 2.16. The predicted molar refractivity (Wildman–Crippen MR) is 63.3 cm³/mol. The van der Waals surface area contributed by atoms with Crippen molar-refractivity contribution in [3.8, 4) is 5.82 Å². The quantitative estimate of drug-likeness (QED) is 0.751. The van der Waals surface area contributed by atoms with Crippen LogP contribution in [0.15, 0.2) is 12.3 Å². The molecule has 1 unspecified atom stereocenters. The average molecular weight is 243 g/mol. The molecular formula is C12H13N5O. The van der Waals surface area contributed by atoms with Gasteiger partial charge in [0.15, 0.2) is 5.82 Å². The third-order valence-electron chi connectivity index (χ3n) is 3.20. The minimum Gasteiger partial charge on any atom is -0.303 e. The summed E-state index contributed by atoms with van der Waals surface area (Å²) in [6.45, 7) is 3.71. The van der Waals surface area contributed by atoms with Gasteiger partial charge in [0.05, 0.1) is 6.20 Å². The second kappa shape index (κ2) is 3.97. The molecule has 2 aromatic rings. The summed E-state index contributed by atoms with van der Waals surface area (Å²) < 4.78 is 1.67. The highest BCUT2D eigenvalue weighted by Gasteiger charge is 2.38. The third kappa shape index (κ3) is 1.79. The van der Waals surface area contributed by atoms with Gasteiger partial charge in [-0.25, -0.2) is 4.98 Å². The van der Waals surface area contributed by atoms with Crippen LogP contribution < -0.4 is 0 Å². The molecule has 0 radical (unpaired) electrons. The van der Waals surface area contributed by atoms with E-state index in [9.17, 15) is 4.79 Å². The van der Waals surface area contributed by atoms with Crippen LogP contribution in [-0.4, -0.2) is 31.2 Å². The van der Waals surface area contributed by atoms with Gasteiger partial charge in [0.1, 0.15) is 17.9 Å². The van der Waals surface area contributed by atoms with Gasteiger partial charge in [-0.2, -0.15) is 9.78 Å². The number of hydrogen-bond donors (Lipinski definition) is 0. The molecule has 0 aliphatic heterocycles. The number of aromatic nitrogens is 5. The van der Waals surface area contributed by atoms with Crippen LogP contribution in [0.3, 0.4) is 0 Å². The number of hydrogen-bond acceptors (Lipinski definition) is 5. The standard InChI is InChI=1S/C12H13N5O/c1-7-14-8(2)17(16-7)12-4-9(5-13-15-12)11-3-10(11)6-18/h4-6,10-11H,3H2,1-2H3/t10-,11?/m1/s1. The zero-order valence-electron chi connectivity index (χ0n) is 10.2. The molecule has 0 N–H and O–H groups in total. The monoisotopic (exact) mass is 243 g/mol. The van der Waals surface area contributed by atoms with Crippen molar-refractivity contribution in [1.29, 1.82) is 0 Å². The lowest BCUT2D eigenvalue weighted by atomic mass is 10.2. The first-order valence-corrected chi connectivity index (χ1v) is 5.87. The Morgan fingerprint density at radius 3 is 2.89 bits per heavy atom. The Hall–Kier alpha value is -2.11. The Kier molecular flexibility index (Phi) is 2.43. The van der Waals surface area contributed by atoms with Crippen molar-refractivity contribution < 1.29 is 4.79 Å². The molecule has 0 bridgehead atoms. The van der Waals surface area contributed by atoms with Crippen molar-refractivity contribution in [3.63, 3.8) is 0 Å². The number of nitrogens with zero attached hydrogens (tertiary/aromatic N) is 5. The second-order valence-corrected chi connectivity index (χ2v) is 4.61. The summed E-state index contributed by atoms with van der Waals surface area (Å²) in [6, 6.07) is 1.93. The van der Waals surface area contributed by atoms with Gasteiger partial charge in [-0.15, -0.1) is 10.2 Å². The minimum atomic E-state index is 0.139. The lowest BCUT2D eigenvalue weighted by Gasteiger charge is -2.03. The molecule has 3 rings (SSSR count). The Labute approximate surface area is 104 Å². The van der Waals surface area contributed by atoms with Crippen molar-refractivity contribution in [3.05, 3.63) is 29.5 Å². The molecule has 0 saturated heterocycles. The summed E-state index contributed by atoms with van der Waals surface area (Å²) in [7, 11) is 0. The molecule has 1 fully saturated rings. The molecule has 6 heteroatoms. The molecule has 2 atom stereocenters. The molecular weight excluding hydrogens is 230 g/mol. The molecule has 1 aliphatic rings. The summed E-state index contributed by atoms with van der Waals surface area (Å²) in [6.07, 6.45) is 3.64. The zero-order valence-corrected chi connectivity index (χ0v) is 10.2. The van der Waals surface area contributed by atoms with Crippen LogP contribution in [0.5, 0.6) is 0 Å². The van der Waals surface area contributed by atoms with E-state index in [0.29, 0.717) is 17.6 Å². The van der Waals surface area contributed by atoms with Crippen molar-refractivity contribution >= 4 is 6.29 Å². The molecule has 0 spiro atoms. The fourth-order valence-electron chi connectivity index (χ4n) is 2.16. The lowest BCUT2D eigenvalue weighted by Crippen LogP contribution is -2.04. The fraction of sp³-hybridized carbons (Fsp3) is 0.417. The number of aryl methyl sites for hydroxylation is 2. The maximum Gasteiger partial charge on any atom is 0.178 e. The van der Waals surface area contributed by atoms with E-state index in [1.807, 2.05) is 19.9 Å². The molecule has 92 valence electrons. The SMILES string of the molecule is Cc1nc(C)n(-c2cc(C3C[C@@H]3C=O)cnn2)n1. The largest absolute Gasteiger partial charge is 0.303 e. The van der Waals surface area contributed by atoms with Crippen molar-refractivity contribution in [1.82, 2.24) is 25.0 Å². The smallest absolute Gasteiger partial charge is 0.178 e. The van der Waals surface area contributed by atoms with E-state index in [1.165, 1.54) is 0 Å². The van der Waals surface area contributed by atoms with E-state index in [1.54, 1.807) is 10.9 Å². The Morgan fingerprint density at radius 2 is 2.28 bits per heavy atom. The van der Waals surface area contributed by atoms with Crippen molar-refractivity contribution in [2.45, 2.75) is 26.2 Å². The van der Waals surface area contributed by atoms with E-state index in [0.717, 1.165) is 24.1 Å². The average Bonchev–Trinajstić information content (AvgIpc) is 3.08. The van der Waals surface area contributed by atoms with Crippen LogP contribution in [-0.2, 0) is 4.79 Å². The molecule has 6 nitrogen and oxygen atoms in total. The number of rotatable bonds is 3. The lowest BCUT2D eigenvalue weighted by molar-refractivity contribution is -0.108. The summed E-state index contributed by atoms with van der Waals surface area (Å²) >= 11 is 0. The molecule has 0 amide bonds. The van der Waals surface area contributed by atoms with Crippen LogP contribution in [0.25, 0.3) is 5.82 Å². The topological polar surface area (TPSA) is 73.6 Å². The Bertz CT molecular complexity index is 606. The summed E-state index contributed by atoms with van der Waals surface area (Å²) in [5.74, 6) is 2.57. The number of carbonyl (C=O) groups excluding carboxylic acids is 1. The van der Waals surface area contributed by atoms with E-state index < -0.39 is 0 Å². The maximum atomic E-state index is 10.7. The normalized spacial score (nSPS) is 21.9. The van der Waals surface area contributed by atoms with Gasteiger partial charge in [0.25, 0.3) is 0 Å². The Balaban J connectivity index is 1.96. The molecule has 1 saturated carbocycles. The molecule has 0 aromatic carbocycles. The van der Waals surface area contributed by atoms with Crippen LogP contribution in [0, 0.1) is 19.8 Å². The highest BCUT2D eigenvalue weighted by Crippen LogP contribution is 2.45. The first kappa shape index (κ1) is 11.0. The first-order chi connectivity index (χ1) is 8.69.